The fraction of sp³-hybridized carbons (Fsp3) is 0.143. The molecule has 0 saturated carbocycles. The van der Waals surface area contributed by atoms with Gasteiger partial charge in [-0.2, -0.15) is 0 Å². The van der Waals surface area contributed by atoms with E-state index in [0.717, 1.165) is 22.5 Å². The van der Waals surface area contributed by atoms with Gasteiger partial charge in [0.1, 0.15) is 5.82 Å². The Balaban J connectivity index is 2.09. The van der Waals surface area contributed by atoms with Crippen molar-refractivity contribution in [1.29, 1.82) is 0 Å². The van der Waals surface area contributed by atoms with Crippen LogP contribution < -0.4 is 11.1 Å². The molecular weight excluding hydrogens is 215 g/mol. The predicted octanol–water partition coefficient (Wildman–Crippen LogP) is 3.33. The van der Waals surface area contributed by atoms with E-state index in [1.54, 1.807) is 6.07 Å². The fourth-order valence-electron chi connectivity index (χ4n) is 1.67. The number of rotatable bonds is 3. The second-order valence-electron chi connectivity index (χ2n) is 4.06. The summed E-state index contributed by atoms with van der Waals surface area (Å²) in [4.78, 5) is 0. The summed E-state index contributed by atoms with van der Waals surface area (Å²) < 4.78 is 13.0. The van der Waals surface area contributed by atoms with E-state index in [4.69, 9.17) is 5.73 Å². The normalized spacial score (nSPS) is 10.2. The van der Waals surface area contributed by atoms with Crippen LogP contribution in [0.15, 0.2) is 42.5 Å². The molecule has 0 aliphatic heterocycles. The number of benzene rings is 2. The number of hydrogen-bond donors (Lipinski definition) is 2. The topological polar surface area (TPSA) is 38.0 Å². The summed E-state index contributed by atoms with van der Waals surface area (Å²) >= 11 is 0. The molecule has 0 heterocycles. The third-order valence-corrected chi connectivity index (χ3v) is 2.63. The molecule has 0 aromatic heterocycles. The molecule has 0 saturated heterocycles. The molecule has 0 atom stereocenters. The molecule has 0 spiro atoms. The van der Waals surface area contributed by atoms with Crippen LogP contribution in [-0.4, -0.2) is 0 Å². The van der Waals surface area contributed by atoms with Crippen LogP contribution in [-0.2, 0) is 6.54 Å². The van der Waals surface area contributed by atoms with Gasteiger partial charge in [-0.1, -0.05) is 18.2 Å². The van der Waals surface area contributed by atoms with Crippen LogP contribution in [0.2, 0.25) is 0 Å². The zero-order valence-electron chi connectivity index (χ0n) is 9.70. The van der Waals surface area contributed by atoms with Crippen molar-refractivity contribution in [2.45, 2.75) is 13.5 Å². The molecule has 0 fully saturated rings. The van der Waals surface area contributed by atoms with Crippen molar-refractivity contribution in [2.75, 3.05) is 11.1 Å². The molecule has 0 aliphatic rings. The minimum Gasteiger partial charge on any atom is -0.399 e. The molecule has 17 heavy (non-hydrogen) atoms. The molecule has 0 aliphatic carbocycles. The van der Waals surface area contributed by atoms with Crippen LogP contribution in [0.3, 0.4) is 0 Å². The third kappa shape index (κ3) is 2.97. The SMILES string of the molecule is Cc1ccc(N)cc1NCc1cccc(F)c1. The third-order valence-electron chi connectivity index (χ3n) is 2.63. The van der Waals surface area contributed by atoms with Crippen molar-refractivity contribution in [2.24, 2.45) is 0 Å². The molecule has 2 aromatic rings. The summed E-state index contributed by atoms with van der Waals surface area (Å²) in [6.07, 6.45) is 0. The lowest BCUT2D eigenvalue weighted by atomic mass is 10.1. The predicted molar refractivity (Wildman–Crippen MR) is 69.3 cm³/mol. The van der Waals surface area contributed by atoms with Crippen LogP contribution in [0.4, 0.5) is 15.8 Å². The van der Waals surface area contributed by atoms with Crippen LogP contribution >= 0.6 is 0 Å². The summed E-state index contributed by atoms with van der Waals surface area (Å²) in [6, 6.07) is 12.3. The zero-order valence-corrected chi connectivity index (χ0v) is 9.70. The van der Waals surface area contributed by atoms with Crippen molar-refractivity contribution in [3.63, 3.8) is 0 Å². The van der Waals surface area contributed by atoms with Crippen molar-refractivity contribution >= 4 is 11.4 Å². The minimum atomic E-state index is -0.214. The van der Waals surface area contributed by atoms with Gasteiger partial charge in [-0.25, -0.2) is 4.39 Å². The minimum absolute atomic E-state index is 0.214. The summed E-state index contributed by atoms with van der Waals surface area (Å²) in [5.41, 5.74) is 9.45. The van der Waals surface area contributed by atoms with Crippen LogP contribution in [0, 0.1) is 12.7 Å². The Morgan fingerprint density at radius 2 is 2.00 bits per heavy atom. The number of nitrogens with two attached hydrogens (primary N) is 1. The molecule has 3 heteroatoms. The van der Waals surface area contributed by atoms with Crippen LogP contribution in [0.1, 0.15) is 11.1 Å². The highest BCUT2D eigenvalue weighted by molar-refractivity contribution is 5.59. The smallest absolute Gasteiger partial charge is 0.123 e. The Bertz CT molecular complexity index is 523. The Kier molecular flexibility index (Phi) is 3.28. The number of halogens is 1. The number of anilines is 2. The van der Waals surface area contributed by atoms with E-state index in [1.165, 1.54) is 12.1 Å². The Hall–Kier alpha value is -2.03. The van der Waals surface area contributed by atoms with Gasteiger partial charge in [0.2, 0.25) is 0 Å². The van der Waals surface area contributed by atoms with Gasteiger partial charge in [-0.05, 0) is 42.3 Å². The largest absolute Gasteiger partial charge is 0.399 e. The van der Waals surface area contributed by atoms with E-state index in [9.17, 15) is 4.39 Å². The summed E-state index contributed by atoms with van der Waals surface area (Å²) in [7, 11) is 0. The fourth-order valence-corrected chi connectivity index (χ4v) is 1.67. The maximum atomic E-state index is 13.0. The van der Waals surface area contributed by atoms with E-state index in [1.807, 2.05) is 31.2 Å². The number of aryl methyl sites for hydroxylation is 1. The van der Waals surface area contributed by atoms with Gasteiger partial charge in [0.25, 0.3) is 0 Å². The first kappa shape index (κ1) is 11.5. The Labute approximate surface area is 100 Å². The monoisotopic (exact) mass is 230 g/mol. The maximum Gasteiger partial charge on any atom is 0.123 e. The van der Waals surface area contributed by atoms with Gasteiger partial charge in [0.15, 0.2) is 0 Å². The Morgan fingerprint density at radius 1 is 1.18 bits per heavy atom. The van der Waals surface area contributed by atoms with E-state index >= 15 is 0 Å². The van der Waals surface area contributed by atoms with Gasteiger partial charge in [0.05, 0.1) is 0 Å². The highest BCUT2D eigenvalue weighted by atomic mass is 19.1. The van der Waals surface area contributed by atoms with Crippen molar-refractivity contribution < 1.29 is 4.39 Å². The first-order valence-electron chi connectivity index (χ1n) is 5.49. The zero-order chi connectivity index (χ0) is 12.3. The van der Waals surface area contributed by atoms with Crippen molar-refractivity contribution in [3.8, 4) is 0 Å². The molecule has 0 radical (unpaired) electrons. The van der Waals surface area contributed by atoms with Gasteiger partial charge in [-0.15, -0.1) is 0 Å². The highest BCUT2D eigenvalue weighted by Crippen LogP contribution is 2.19. The standard InChI is InChI=1S/C14H15FN2/c1-10-5-6-13(16)8-14(10)17-9-11-3-2-4-12(15)7-11/h2-8,17H,9,16H2,1H3. The van der Waals surface area contributed by atoms with Crippen molar-refractivity contribution in [1.82, 2.24) is 0 Å². The van der Waals surface area contributed by atoms with Crippen LogP contribution in [0.5, 0.6) is 0 Å². The number of hydrogen-bond acceptors (Lipinski definition) is 2. The summed E-state index contributed by atoms with van der Waals surface area (Å²) in [6.45, 7) is 2.59. The summed E-state index contributed by atoms with van der Waals surface area (Å²) in [5.74, 6) is -0.214. The maximum absolute atomic E-state index is 13.0. The highest BCUT2D eigenvalue weighted by Gasteiger charge is 1.99. The first-order chi connectivity index (χ1) is 8.15. The number of nitrogen functional groups attached to an aromatic ring is 1. The second-order valence-corrected chi connectivity index (χ2v) is 4.06. The van der Waals surface area contributed by atoms with Gasteiger partial charge in [0, 0.05) is 17.9 Å². The van der Waals surface area contributed by atoms with Crippen LogP contribution in [0.25, 0.3) is 0 Å². The molecule has 0 bridgehead atoms. The lowest BCUT2D eigenvalue weighted by Crippen LogP contribution is -2.02. The molecule has 88 valence electrons. The van der Waals surface area contributed by atoms with E-state index in [0.29, 0.717) is 6.54 Å². The van der Waals surface area contributed by atoms with Gasteiger partial charge < -0.3 is 11.1 Å². The molecule has 3 N–H and O–H groups in total. The van der Waals surface area contributed by atoms with E-state index in [-0.39, 0.29) is 5.82 Å². The molecule has 0 unspecified atom stereocenters. The Morgan fingerprint density at radius 3 is 2.76 bits per heavy atom. The molecular formula is C14H15FN2. The lowest BCUT2D eigenvalue weighted by molar-refractivity contribution is 0.626. The molecule has 2 nitrogen and oxygen atoms in total. The second kappa shape index (κ2) is 4.87. The van der Waals surface area contributed by atoms with Gasteiger partial charge >= 0.3 is 0 Å². The number of nitrogens with one attached hydrogen (secondary N) is 1. The lowest BCUT2D eigenvalue weighted by Gasteiger charge is -2.10. The quantitative estimate of drug-likeness (QED) is 0.794. The summed E-state index contributed by atoms with van der Waals surface area (Å²) in [5, 5.41) is 3.25. The molecule has 0 amide bonds. The first-order valence-corrected chi connectivity index (χ1v) is 5.49. The van der Waals surface area contributed by atoms with Crippen molar-refractivity contribution in [3.05, 3.63) is 59.4 Å². The van der Waals surface area contributed by atoms with Gasteiger partial charge in [-0.3, -0.25) is 0 Å². The molecule has 2 aromatic carbocycles. The van der Waals surface area contributed by atoms with E-state index in [2.05, 4.69) is 5.32 Å². The molecule has 2 rings (SSSR count). The average Bonchev–Trinajstić information content (AvgIpc) is 2.30. The van der Waals surface area contributed by atoms with E-state index < -0.39 is 0 Å². The average molecular weight is 230 g/mol.